The van der Waals surface area contributed by atoms with Crippen molar-refractivity contribution < 1.29 is 5.11 Å². The van der Waals surface area contributed by atoms with E-state index in [2.05, 4.69) is 38.0 Å². The van der Waals surface area contributed by atoms with E-state index in [-0.39, 0.29) is 11.5 Å². The second kappa shape index (κ2) is 7.52. The van der Waals surface area contributed by atoms with Gasteiger partial charge < -0.3 is 5.11 Å². The number of aliphatic hydroxyl groups excluding tert-OH is 1. The smallest absolute Gasteiger partial charge is 0.102 e. The highest BCUT2D eigenvalue weighted by atomic mass is 16.3. The predicted octanol–water partition coefficient (Wildman–Crippen LogP) is 5.19. The summed E-state index contributed by atoms with van der Waals surface area (Å²) in [7, 11) is 0. The number of fused-ring (bicyclic) bond motifs is 5. The van der Waals surface area contributed by atoms with Crippen LogP contribution in [0.25, 0.3) is 0 Å². The van der Waals surface area contributed by atoms with Crippen LogP contribution in [-0.4, -0.2) is 21.0 Å². The van der Waals surface area contributed by atoms with Crippen molar-refractivity contribution in [1.29, 1.82) is 5.26 Å². The van der Waals surface area contributed by atoms with Crippen molar-refractivity contribution in [2.45, 2.75) is 78.4 Å². The van der Waals surface area contributed by atoms with Crippen molar-refractivity contribution in [1.82, 2.24) is 9.78 Å². The second-order valence-corrected chi connectivity index (χ2v) is 11.3. The van der Waals surface area contributed by atoms with Crippen molar-refractivity contribution in [2.75, 3.05) is 0 Å². The van der Waals surface area contributed by atoms with Crippen molar-refractivity contribution >= 4 is 0 Å². The van der Waals surface area contributed by atoms with E-state index < -0.39 is 0 Å². The molecule has 0 bridgehead atoms. The van der Waals surface area contributed by atoms with Gasteiger partial charge in [0, 0.05) is 6.20 Å². The Morgan fingerprint density at radius 1 is 1.27 bits per heavy atom. The van der Waals surface area contributed by atoms with Gasteiger partial charge in [-0.15, -0.1) is 0 Å². The molecule has 0 amide bonds. The number of aromatic nitrogens is 2. The van der Waals surface area contributed by atoms with E-state index in [9.17, 15) is 5.11 Å². The molecule has 30 heavy (non-hydrogen) atoms. The zero-order valence-electron chi connectivity index (χ0n) is 18.8. The Balaban J connectivity index is 1.36. The van der Waals surface area contributed by atoms with Gasteiger partial charge in [-0.2, -0.15) is 10.4 Å². The fraction of sp³-hybridized carbons (Fsp3) is 0.769. The number of nitrogens with zero attached hydrogens (tertiary/aromatic N) is 3. The van der Waals surface area contributed by atoms with Crippen molar-refractivity contribution in [3.8, 4) is 6.07 Å². The molecule has 0 saturated heterocycles. The normalized spacial score (nSPS) is 43.7. The molecule has 0 spiro atoms. The molecule has 9 atom stereocenters. The van der Waals surface area contributed by atoms with Gasteiger partial charge in [0.1, 0.15) is 6.07 Å². The highest BCUT2D eigenvalue weighted by Gasteiger charge is 2.59. The lowest BCUT2D eigenvalue weighted by atomic mass is 9.50. The van der Waals surface area contributed by atoms with Crippen LogP contribution in [-0.2, 0) is 6.54 Å². The fourth-order valence-corrected chi connectivity index (χ4v) is 8.56. The van der Waals surface area contributed by atoms with Gasteiger partial charge >= 0.3 is 0 Å². The Morgan fingerprint density at radius 2 is 2.10 bits per heavy atom. The molecule has 5 rings (SSSR count). The number of nitriles is 1. The van der Waals surface area contributed by atoms with Crippen molar-refractivity contribution in [2.24, 2.45) is 46.8 Å². The topological polar surface area (TPSA) is 61.8 Å². The SMILES string of the molecule is CC1C=C2CCC3C(CCC4(C)C(C(O)Cn5cc(C#N)cn5)CC(C)C34)C2CC1. The average Bonchev–Trinajstić information content (AvgIpc) is 3.29. The molecule has 1 aromatic rings. The van der Waals surface area contributed by atoms with Crippen LogP contribution in [0.5, 0.6) is 0 Å². The first-order chi connectivity index (χ1) is 14.4. The monoisotopic (exact) mass is 407 g/mol. The van der Waals surface area contributed by atoms with E-state index in [0.29, 0.717) is 23.9 Å². The summed E-state index contributed by atoms with van der Waals surface area (Å²) in [5, 5.41) is 24.6. The Kier molecular flexibility index (Phi) is 5.09. The molecule has 4 nitrogen and oxygen atoms in total. The first-order valence-corrected chi connectivity index (χ1v) is 12.2. The first-order valence-electron chi connectivity index (χ1n) is 12.2. The maximum Gasteiger partial charge on any atom is 0.102 e. The molecule has 0 aromatic carbocycles. The van der Waals surface area contributed by atoms with E-state index in [4.69, 9.17) is 5.26 Å². The van der Waals surface area contributed by atoms with Crippen molar-refractivity contribution in [3.63, 3.8) is 0 Å². The predicted molar refractivity (Wildman–Crippen MR) is 117 cm³/mol. The van der Waals surface area contributed by atoms with E-state index >= 15 is 0 Å². The summed E-state index contributed by atoms with van der Waals surface area (Å²) in [4.78, 5) is 0. The van der Waals surface area contributed by atoms with Crippen LogP contribution in [0.3, 0.4) is 0 Å². The molecule has 0 aliphatic heterocycles. The Bertz CT molecular complexity index is 866. The van der Waals surface area contributed by atoms with E-state index in [0.717, 1.165) is 36.0 Å². The molecular weight excluding hydrogens is 370 g/mol. The molecule has 4 heteroatoms. The maximum atomic E-state index is 11.3. The van der Waals surface area contributed by atoms with Gasteiger partial charge in [-0.05, 0) is 91.8 Å². The Hall–Kier alpha value is -1.60. The van der Waals surface area contributed by atoms with Gasteiger partial charge in [0.05, 0.1) is 24.4 Å². The van der Waals surface area contributed by atoms with E-state index in [1.165, 1.54) is 38.5 Å². The third kappa shape index (κ3) is 3.16. The molecule has 0 radical (unpaired) electrons. The van der Waals surface area contributed by atoms with Crippen LogP contribution >= 0.6 is 0 Å². The average molecular weight is 408 g/mol. The second-order valence-electron chi connectivity index (χ2n) is 11.3. The van der Waals surface area contributed by atoms with Gasteiger partial charge in [-0.1, -0.05) is 32.4 Å². The number of aliphatic hydroxyl groups is 1. The summed E-state index contributed by atoms with van der Waals surface area (Å²) in [6.07, 6.45) is 14.7. The number of hydrogen-bond acceptors (Lipinski definition) is 3. The third-order valence-electron chi connectivity index (χ3n) is 9.67. The number of hydrogen-bond donors (Lipinski definition) is 1. The standard InChI is InChI=1S/C26H37N3O/c1-16-4-6-20-19(10-16)5-7-22-21(20)8-9-26(3)23(11-17(2)25(22)26)24(30)15-29-14-18(12-27)13-28-29/h10,13-14,16-17,20-25,30H,4-9,11,15H2,1-3H3. The molecule has 4 aliphatic carbocycles. The third-order valence-corrected chi connectivity index (χ3v) is 9.67. The number of rotatable bonds is 3. The minimum absolute atomic E-state index is 0.231. The minimum Gasteiger partial charge on any atom is -0.391 e. The van der Waals surface area contributed by atoms with Crippen molar-refractivity contribution in [3.05, 3.63) is 29.6 Å². The summed E-state index contributed by atoms with van der Waals surface area (Å²) >= 11 is 0. The highest BCUT2D eigenvalue weighted by molar-refractivity contribution is 5.22. The van der Waals surface area contributed by atoms with Crippen LogP contribution in [0.2, 0.25) is 0 Å². The zero-order chi connectivity index (χ0) is 21.0. The molecule has 1 aromatic heterocycles. The Morgan fingerprint density at radius 3 is 2.87 bits per heavy atom. The first kappa shape index (κ1) is 20.3. The van der Waals surface area contributed by atoms with Crippen LogP contribution < -0.4 is 0 Å². The van der Waals surface area contributed by atoms with Gasteiger partial charge in [0.2, 0.25) is 0 Å². The highest BCUT2D eigenvalue weighted by Crippen LogP contribution is 2.66. The van der Waals surface area contributed by atoms with Crippen LogP contribution in [0.4, 0.5) is 0 Å². The van der Waals surface area contributed by atoms with E-state index in [1.54, 1.807) is 22.6 Å². The Labute approximate surface area is 181 Å². The molecule has 4 aliphatic rings. The van der Waals surface area contributed by atoms with Crippen LogP contribution in [0, 0.1) is 58.2 Å². The molecule has 9 unspecified atom stereocenters. The molecule has 1 N–H and O–H groups in total. The zero-order valence-corrected chi connectivity index (χ0v) is 18.8. The van der Waals surface area contributed by atoms with Crippen LogP contribution in [0.15, 0.2) is 24.0 Å². The minimum atomic E-state index is -0.389. The lowest BCUT2D eigenvalue weighted by Crippen LogP contribution is -2.49. The van der Waals surface area contributed by atoms with Gasteiger partial charge in [0.15, 0.2) is 0 Å². The molecule has 1 heterocycles. The quantitative estimate of drug-likeness (QED) is 0.702. The largest absolute Gasteiger partial charge is 0.391 e. The summed E-state index contributed by atoms with van der Waals surface area (Å²) in [5.74, 6) is 5.08. The van der Waals surface area contributed by atoms with E-state index in [1.807, 2.05) is 0 Å². The summed E-state index contributed by atoms with van der Waals surface area (Å²) in [6, 6.07) is 2.14. The molecular formula is C26H37N3O. The molecule has 3 fully saturated rings. The molecule has 162 valence electrons. The fourth-order valence-electron chi connectivity index (χ4n) is 8.56. The summed E-state index contributed by atoms with van der Waals surface area (Å²) in [6.45, 7) is 7.83. The summed E-state index contributed by atoms with van der Waals surface area (Å²) in [5.41, 5.74) is 2.58. The van der Waals surface area contributed by atoms with Gasteiger partial charge in [0.25, 0.3) is 0 Å². The summed E-state index contributed by atoms with van der Waals surface area (Å²) < 4.78 is 1.76. The number of allylic oxidation sites excluding steroid dienone is 2. The maximum absolute atomic E-state index is 11.3. The van der Waals surface area contributed by atoms with Crippen LogP contribution in [0.1, 0.15) is 71.3 Å². The van der Waals surface area contributed by atoms with Gasteiger partial charge in [-0.3, -0.25) is 4.68 Å². The lowest BCUT2D eigenvalue weighted by molar-refractivity contribution is -0.0635. The lowest BCUT2D eigenvalue weighted by Gasteiger charge is -2.55. The van der Waals surface area contributed by atoms with Gasteiger partial charge in [-0.25, -0.2) is 0 Å². The molecule has 3 saturated carbocycles.